The van der Waals surface area contributed by atoms with Crippen molar-refractivity contribution in [3.05, 3.63) is 22.4 Å². The molecule has 0 saturated carbocycles. The van der Waals surface area contributed by atoms with Crippen molar-refractivity contribution >= 4 is 17.4 Å². The summed E-state index contributed by atoms with van der Waals surface area (Å²) in [5.74, 6) is 0.892. The average Bonchev–Trinajstić information content (AvgIpc) is 3.00. The lowest BCUT2D eigenvalue weighted by Gasteiger charge is -2.28. The Labute approximate surface area is 124 Å². The molecule has 2 amide bonds. The standard InChI is InChI=1S/C15H24N2O2S/c1-11(14-4-3-9-20-14)10-16-15(18)17-12(2)13-5-7-19-8-6-13/h3-4,9,11-13H,5-8,10H2,1-2H3,(H2,16,17,18). The average molecular weight is 296 g/mol. The van der Waals surface area contributed by atoms with E-state index in [1.54, 1.807) is 11.3 Å². The summed E-state index contributed by atoms with van der Waals surface area (Å²) in [6.07, 6.45) is 2.07. The van der Waals surface area contributed by atoms with Gasteiger partial charge in [0.2, 0.25) is 0 Å². The molecule has 1 aliphatic rings. The lowest BCUT2D eigenvalue weighted by molar-refractivity contribution is 0.0571. The molecule has 2 rings (SSSR count). The van der Waals surface area contributed by atoms with Gasteiger partial charge in [-0.15, -0.1) is 11.3 Å². The molecule has 0 radical (unpaired) electrons. The largest absolute Gasteiger partial charge is 0.381 e. The third-order valence-electron chi connectivity index (χ3n) is 3.93. The Morgan fingerprint density at radius 2 is 2.20 bits per heavy atom. The number of thiophene rings is 1. The number of ether oxygens (including phenoxy) is 1. The number of carbonyl (C=O) groups excluding carboxylic acids is 1. The van der Waals surface area contributed by atoms with Gasteiger partial charge in [-0.2, -0.15) is 0 Å². The van der Waals surface area contributed by atoms with Crippen LogP contribution in [0, 0.1) is 5.92 Å². The van der Waals surface area contributed by atoms with Gasteiger partial charge in [0.1, 0.15) is 0 Å². The number of hydrogen-bond acceptors (Lipinski definition) is 3. The van der Waals surface area contributed by atoms with Crippen molar-refractivity contribution in [2.24, 2.45) is 5.92 Å². The number of nitrogens with one attached hydrogen (secondary N) is 2. The fourth-order valence-electron chi connectivity index (χ4n) is 2.51. The molecule has 4 nitrogen and oxygen atoms in total. The molecule has 0 bridgehead atoms. The topological polar surface area (TPSA) is 50.4 Å². The van der Waals surface area contributed by atoms with Crippen molar-refractivity contribution in [3.63, 3.8) is 0 Å². The van der Waals surface area contributed by atoms with E-state index < -0.39 is 0 Å². The van der Waals surface area contributed by atoms with E-state index in [1.165, 1.54) is 4.88 Å². The molecule has 5 heteroatoms. The quantitative estimate of drug-likeness (QED) is 0.877. The summed E-state index contributed by atoms with van der Waals surface area (Å²) in [4.78, 5) is 13.2. The summed E-state index contributed by atoms with van der Waals surface area (Å²) in [5, 5.41) is 8.08. The molecule has 1 saturated heterocycles. The molecule has 2 heterocycles. The number of amides is 2. The van der Waals surface area contributed by atoms with E-state index >= 15 is 0 Å². The molecule has 0 spiro atoms. The predicted molar refractivity (Wildman–Crippen MR) is 82.3 cm³/mol. The Bertz CT molecular complexity index is 402. The maximum absolute atomic E-state index is 11.9. The first kappa shape index (κ1) is 15.3. The molecule has 20 heavy (non-hydrogen) atoms. The van der Waals surface area contributed by atoms with Gasteiger partial charge in [0.15, 0.2) is 0 Å². The second-order valence-electron chi connectivity index (χ2n) is 5.51. The minimum absolute atomic E-state index is 0.0626. The van der Waals surface area contributed by atoms with Gasteiger partial charge >= 0.3 is 6.03 Å². The van der Waals surface area contributed by atoms with Crippen molar-refractivity contribution in [1.29, 1.82) is 0 Å². The lowest BCUT2D eigenvalue weighted by atomic mass is 9.93. The van der Waals surface area contributed by atoms with Crippen molar-refractivity contribution in [2.75, 3.05) is 19.8 Å². The van der Waals surface area contributed by atoms with E-state index in [9.17, 15) is 4.79 Å². The van der Waals surface area contributed by atoms with E-state index in [-0.39, 0.29) is 12.1 Å². The third kappa shape index (κ3) is 4.49. The van der Waals surface area contributed by atoms with Gasteiger partial charge in [-0.3, -0.25) is 0 Å². The van der Waals surface area contributed by atoms with Crippen molar-refractivity contribution in [3.8, 4) is 0 Å². The first-order valence-corrected chi connectivity index (χ1v) is 8.20. The fourth-order valence-corrected chi connectivity index (χ4v) is 3.30. The second-order valence-corrected chi connectivity index (χ2v) is 6.49. The van der Waals surface area contributed by atoms with Crippen LogP contribution in [0.3, 0.4) is 0 Å². The van der Waals surface area contributed by atoms with Gasteiger partial charge in [0.05, 0.1) is 0 Å². The van der Waals surface area contributed by atoms with E-state index in [1.807, 2.05) is 6.07 Å². The zero-order valence-electron chi connectivity index (χ0n) is 12.2. The molecule has 0 aliphatic carbocycles. The zero-order valence-corrected chi connectivity index (χ0v) is 13.0. The number of rotatable bonds is 5. The van der Waals surface area contributed by atoms with Crippen LogP contribution in [0.15, 0.2) is 17.5 Å². The molecule has 2 N–H and O–H groups in total. The minimum atomic E-state index is -0.0626. The van der Waals surface area contributed by atoms with E-state index in [2.05, 4.69) is 35.9 Å². The number of urea groups is 1. The van der Waals surface area contributed by atoms with Crippen LogP contribution in [0.25, 0.3) is 0 Å². The van der Waals surface area contributed by atoms with Gasteiger partial charge in [-0.1, -0.05) is 13.0 Å². The minimum Gasteiger partial charge on any atom is -0.381 e. The summed E-state index contributed by atoms with van der Waals surface area (Å²) in [5.41, 5.74) is 0. The lowest BCUT2D eigenvalue weighted by Crippen LogP contribution is -2.46. The SMILES string of the molecule is CC(CNC(=O)NC(C)C1CCOCC1)c1cccs1. The van der Waals surface area contributed by atoms with Gasteiger partial charge in [0.25, 0.3) is 0 Å². The number of hydrogen-bond donors (Lipinski definition) is 2. The Kier molecular flexibility index (Phi) is 5.86. The Hall–Kier alpha value is -1.07. The van der Waals surface area contributed by atoms with Crippen LogP contribution in [-0.2, 0) is 4.74 Å². The molecular formula is C15H24N2O2S. The van der Waals surface area contributed by atoms with Gasteiger partial charge in [-0.25, -0.2) is 4.79 Å². The van der Waals surface area contributed by atoms with Crippen LogP contribution in [0.1, 0.15) is 37.5 Å². The highest BCUT2D eigenvalue weighted by molar-refractivity contribution is 7.10. The molecule has 0 aromatic carbocycles. The molecule has 1 fully saturated rings. The summed E-state index contributed by atoms with van der Waals surface area (Å²) < 4.78 is 5.35. The molecule has 2 unspecified atom stereocenters. The third-order valence-corrected chi connectivity index (χ3v) is 5.03. The van der Waals surface area contributed by atoms with Gasteiger partial charge in [0, 0.05) is 36.6 Å². The first-order valence-electron chi connectivity index (χ1n) is 7.32. The summed E-state index contributed by atoms with van der Waals surface area (Å²) in [6, 6.07) is 4.30. The fraction of sp³-hybridized carbons (Fsp3) is 0.667. The highest BCUT2D eigenvalue weighted by Crippen LogP contribution is 2.20. The van der Waals surface area contributed by atoms with E-state index in [4.69, 9.17) is 4.74 Å². The van der Waals surface area contributed by atoms with E-state index in [0.717, 1.165) is 26.1 Å². The van der Waals surface area contributed by atoms with Crippen molar-refractivity contribution in [1.82, 2.24) is 10.6 Å². The van der Waals surface area contributed by atoms with Gasteiger partial charge < -0.3 is 15.4 Å². The monoisotopic (exact) mass is 296 g/mol. The van der Waals surface area contributed by atoms with Crippen LogP contribution in [0.4, 0.5) is 4.79 Å². The maximum atomic E-state index is 11.9. The molecule has 1 aromatic heterocycles. The normalized spacial score (nSPS) is 19.3. The Morgan fingerprint density at radius 3 is 2.85 bits per heavy atom. The first-order chi connectivity index (χ1) is 9.66. The highest BCUT2D eigenvalue weighted by Gasteiger charge is 2.21. The molecular weight excluding hydrogens is 272 g/mol. The van der Waals surface area contributed by atoms with Crippen molar-refractivity contribution < 1.29 is 9.53 Å². The second kappa shape index (κ2) is 7.64. The van der Waals surface area contributed by atoms with Crippen LogP contribution in [0.2, 0.25) is 0 Å². The Balaban J connectivity index is 1.69. The van der Waals surface area contributed by atoms with Crippen LogP contribution in [-0.4, -0.2) is 31.8 Å². The molecule has 1 aromatic rings. The van der Waals surface area contributed by atoms with Crippen LogP contribution in [0.5, 0.6) is 0 Å². The molecule has 1 aliphatic heterocycles. The summed E-state index contributed by atoms with van der Waals surface area (Å²) in [6.45, 7) is 6.51. The predicted octanol–water partition coefficient (Wildman–Crippen LogP) is 2.97. The highest BCUT2D eigenvalue weighted by atomic mass is 32.1. The van der Waals surface area contributed by atoms with Gasteiger partial charge in [-0.05, 0) is 37.1 Å². The van der Waals surface area contributed by atoms with Crippen LogP contribution < -0.4 is 10.6 Å². The van der Waals surface area contributed by atoms with E-state index in [0.29, 0.717) is 18.4 Å². The number of carbonyl (C=O) groups is 1. The maximum Gasteiger partial charge on any atom is 0.315 e. The summed E-state index contributed by atoms with van der Waals surface area (Å²) >= 11 is 1.73. The summed E-state index contributed by atoms with van der Waals surface area (Å²) in [7, 11) is 0. The Morgan fingerprint density at radius 1 is 1.45 bits per heavy atom. The van der Waals surface area contributed by atoms with Crippen LogP contribution >= 0.6 is 11.3 Å². The molecule has 112 valence electrons. The molecule has 2 atom stereocenters. The smallest absolute Gasteiger partial charge is 0.315 e. The van der Waals surface area contributed by atoms with Crippen molar-refractivity contribution in [2.45, 2.75) is 38.6 Å². The zero-order chi connectivity index (χ0) is 14.4.